The minimum atomic E-state index is -0.271. The van der Waals surface area contributed by atoms with E-state index >= 15 is 0 Å². The quantitative estimate of drug-likeness (QED) is 0.449. The predicted molar refractivity (Wildman–Crippen MR) is 70.3 cm³/mol. The van der Waals surface area contributed by atoms with Crippen molar-refractivity contribution < 1.29 is 9.53 Å². The van der Waals surface area contributed by atoms with Crippen LogP contribution in [0.2, 0.25) is 0 Å². The van der Waals surface area contributed by atoms with Crippen molar-refractivity contribution >= 4 is 5.97 Å². The first-order valence-electron chi connectivity index (χ1n) is 5.96. The van der Waals surface area contributed by atoms with Crippen molar-refractivity contribution in [3.8, 4) is 5.75 Å². The fourth-order valence-electron chi connectivity index (χ4n) is 1.58. The molecule has 0 saturated heterocycles. The van der Waals surface area contributed by atoms with E-state index in [1.54, 1.807) is 0 Å². The number of allylic oxidation sites excluding steroid dienone is 2. The molecule has 1 aromatic carbocycles. The van der Waals surface area contributed by atoms with Crippen LogP contribution >= 0.6 is 0 Å². The number of hydrogen-bond donors (Lipinski definition) is 0. The monoisotopic (exact) mass is 232 g/mol. The molecule has 0 atom stereocenters. The van der Waals surface area contributed by atoms with Gasteiger partial charge in [0.2, 0.25) is 0 Å². The molecule has 0 N–H and O–H groups in total. The Morgan fingerprint density at radius 3 is 2.53 bits per heavy atom. The standard InChI is InChI=1S/C15H20O2/c1-5-13-7-9-15(17-12(4)16)14(10-13)8-6-11(2)3/h6-7,9-10H,5,8H2,1-4H3. The highest BCUT2D eigenvalue weighted by Gasteiger charge is 2.06. The van der Waals surface area contributed by atoms with E-state index in [9.17, 15) is 4.79 Å². The molecule has 0 heterocycles. The Labute approximate surface area is 103 Å². The molecule has 1 rings (SSSR count). The molecule has 2 nitrogen and oxygen atoms in total. The first-order chi connectivity index (χ1) is 8.02. The summed E-state index contributed by atoms with van der Waals surface area (Å²) in [6, 6.07) is 6.00. The van der Waals surface area contributed by atoms with Gasteiger partial charge in [-0.3, -0.25) is 4.79 Å². The zero-order chi connectivity index (χ0) is 12.8. The minimum Gasteiger partial charge on any atom is -0.426 e. The second-order valence-electron chi connectivity index (χ2n) is 4.37. The normalized spacial score (nSPS) is 9.88. The van der Waals surface area contributed by atoms with Crippen LogP contribution in [-0.4, -0.2) is 5.97 Å². The molecule has 0 saturated carbocycles. The van der Waals surface area contributed by atoms with Gasteiger partial charge in [-0.2, -0.15) is 0 Å². The Morgan fingerprint density at radius 2 is 2.00 bits per heavy atom. The molecule has 92 valence electrons. The summed E-state index contributed by atoms with van der Waals surface area (Å²) < 4.78 is 5.21. The number of rotatable bonds is 4. The van der Waals surface area contributed by atoms with Gasteiger partial charge in [-0.25, -0.2) is 0 Å². The highest BCUT2D eigenvalue weighted by molar-refractivity contribution is 5.69. The number of esters is 1. The van der Waals surface area contributed by atoms with Gasteiger partial charge < -0.3 is 4.74 Å². The first-order valence-corrected chi connectivity index (χ1v) is 5.96. The van der Waals surface area contributed by atoms with Crippen LogP contribution in [0.5, 0.6) is 5.75 Å². The average Bonchev–Trinajstić information content (AvgIpc) is 2.27. The van der Waals surface area contributed by atoms with Gasteiger partial charge >= 0.3 is 5.97 Å². The SMILES string of the molecule is CCc1ccc(OC(C)=O)c(CC=C(C)C)c1. The fraction of sp³-hybridized carbons (Fsp3) is 0.400. The summed E-state index contributed by atoms with van der Waals surface area (Å²) in [5.74, 6) is 0.403. The van der Waals surface area contributed by atoms with Crippen molar-refractivity contribution in [3.63, 3.8) is 0 Å². The van der Waals surface area contributed by atoms with Gasteiger partial charge in [0.25, 0.3) is 0 Å². The van der Waals surface area contributed by atoms with Crippen LogP contribution in [0.3, 0.4) is 0 Å². The molecular formula is C15H20O2. The molecule has 0 fully saturated rings. The zero-order valence-corrected chi connectivity index (χ0v) is 11.0. The third-order valence-electron chi connectivity index (χ3n) is 2.52. The minimum absolute atomic E-state index is 0.271. The largest absolute Gasteiger partial charge is 0.426 e. The van der Waals surface area contributed by atoms with Gasteiger partial charge in [0, 0.05) is 6.92 Å². The van der Waals surface area contributed by atoms with Crippen LogP contribution in [0, 0.1) is 0 Å². The molecule has 0 aromatic heterocycles. The van der Waals surface area contributed by atoms with E-state index in [4.69, 9.17) is 4.74 Å². The Kier molecular flexibility index (Phi) is 4.95. The van der Waals surface area contributed by atoms with Crippen LogP contribution < -0.4 is 4.74 Å². The smallest absolute Gasteiger partial charge is 0.308 e. The van der Waals surface area contributed by atoms with Crippen LogP contribution in [0.1, 0.15) is 38.8 Å². The van der Waals surface area contributed by atoms with E-state index < -0.39 is 0 Å². The van der Waals surface area contributed by atoms with E-state index in [0.717, 1.165) is 18.4 Å². The van der Waals surface area contributed by atoms with Crippen molar-refractivity contribution in [2.45, 2.75) is 40.5 Å². The summed E-state index contributed by atoms with van der Waals surface area (Å²) in [5.41, 5.74) is 3.60. The van der Waals surface area contributed by atoms with E-state index in [2.05, 4.69) is 32.9 Å². The van der Waals surface area contributed by atoms with E-state index in [1.165, 1.54) is 18.1 Å². The Hall–Kier alpha value is -1.57. The fourth-order valence-corrected chi connectivity index (χ4v) is 1.58. The van der Waals surface area contributed by atoms with Gasteiger partial charge in [0.15, 0.2) is 0 Å². The number of hydrogen-bond acceptors (Lipinski definition) is 2. The van der Waals surface area contributed by atoms with E-state index in [-0.39, 0.29) is 5.97 Å². The lowest BCUT2D eigenvalue weighted by molar-refractivity contribution is -0.131. The molecule has 2 heteroatoms. The maximum atomic E-state index is 11.0. The molecule has 17 heavy (non-hydrogen) atoms. The number of carbonyl (C=O) groups is 1. The molecular weight excluding hydrogens is 212 g/mol. The first kappa shape index (κ1) is 13.5. The molecule has 0 aliphatic heterocycles. The highest BCUT2D eigenvalue weighted by Crippen LogP contribution is 2.22. The molecule has 0 aliphatic rings. The van der Waals surface area contributed by atoms with Crippen molar-refractivity contribution in [1.82, 2.24) is 0 Å². The Bertz CT molecular complexity index is 427. The van der Waals surface area contributed by atoms with Crippen LogP contribution in [0.25, 0.3) is 0 Å². The van der Waals surface area contributed by atoms with Crippen molar-refractivity contribution in [1.29, 1.82) is 0 Å². The molecule has 0 amide bonds. The number of ether oxygens (including phenoxy) is 1. The lowest BCUT2D eigenvalue weighted by atomic mass is 10.0. The summed E-state index contributed by atoms with van der Waals surface area (Å²) >= 11 is 0. The third-order valence-corrected chi connectivity index (χ3v) is 2.52. The molecule has 0 aliphatic carbocycles. The van der Waals surface area contributed by atoms with Crippen molar-refractivity contribution in [2.75, 3.05) is 0 Å². The summed E-state index contributed by atoms with van der Waals surface area (Å²) in [5, 5.41) is 0. The molecule has 0 unspecified atom stereocenters. The zero-order valence-electron chi connectivity index (χ0n) is 11.0. The predicted octanol–water partition coefficient (Wildman–Crippen LogP) is 3.68. The molecule has 1 aromatic rings. The maximum absolute atomic E-state index is 11.0. The Balaban J connectivity index is 3.02. The summed E-state index contributed by atoms with van der Waals surface area (Å²) in [6.45, 7) is 7.67. The second-order valence-corrected chi connectivity index (χ2v) is 4.37. The van der Waals surface area contributed by atoms with Gasteiger partial charge in [-0.15, -0.1) is 0 Å². The Morgan fingerprint density at radius 1 is 1.29 bits per heavy atom. The van der Waals surface area contributed by atoms with Crippen LogP contribution in [-0.2, 0) is 17.6 Å². The molecule has 0 spiro atoms. The maximum Gasteiger partial charge on any atom is 0.308 e. The van der Waals surface area contributed by atoms with E-state index in [1.807, 2.05) is 12.1 Å². The molecule has 0 radical (unpaired) electrons. The lowest BCUT2D eigenvalue weighted by Crippen LogP contribution is -2.04. The van der Waals surface area contributed by atoms with Crippen LogP contribution in [0.15, 0.2) is 29.8 Å². The second kappa shape index (κ2) is 6.24. The average molecular weight is 232 g/mol. The summed E-state index contributed by atoms with van der Waals surface area (Å²) in [7, 11) is 0. The summed E-state index contributed by atoms with van der Waals surface area (Å²) in [6.07, 6.45) is 3.93. The lowest BCUT2D eigenvalue weighted by Gasteiger charge is -2.09. The number of carbonyl (C=O) groups excluding carboxylic acids is 1. The summed E-state index contributed by atoms with van der Waals surface area (Å²) in [4.78, 5) is 11.0. The van der Waals surface area contributed by atoms with Gasteiger partial charge in [-0.1, -0.05) is 30.7 Å². The van der Waals surface area contributed by atoms with Gasteiger partial charge in [0.05, 0.1) is 0 Å². The number of benzene rings is 1. The van der Waals surface area contributed by atoms with E-state index in [0.29, 0.717) is 5.75 Å². The third kappa shape index (κ3) is 4.43. The molecule has 0 bridgehead atoms. The topological polar surface area (TPSA) is 26.3 Å². The van der Waals surface area contributed by atoms with Gasteiger partial charge in [-0.05, 0) is 43.9 Å². The van der Waals surface area contributed by atoms with Crippen LogP contribution in [0.4, 0.5) is 0 Å². The van der Waals surface area contributed by atoms with Crippen molar-refractivity contribution in [3.05, 3.63) is 41.0 Å². The van der Waals surface area contributed by atoms with Crippen molar-refractivity contribution in [2.24, 2.45) is 0 Å². The highest BCUT2D eigenvalue weighted by atomic mass is 16.5. The number of aryl methyl sites for hydroxylation is 1. The van der Waals surface area contributed by atoms with Gasteiger partial charge in [0.1, 0.15) is 5.75 Å².